The third-order valence-corrected chi connectivity index (χ3v) is 24.0. The smallest absolute Gasteiger partial charge is 0.331 e. The van der Waals surface area contributed by atoms with Gasteiger partial charge < -0.3 is 45.5 Å². The van der Waals surface area contributed by atoms with E-state index < -0.39 is 74.4 Å². The largest absolute Gasteiger partial charge is 0.454 e. The number of carbonyl (C=O) groups excluding carboxylic acids is 2. The highest BCUT2D eigenvalue weighted by atomic mass is 16.5. The van der Waals surface area contributed by atoms with Crippen molar-refractivity contribution in [2.24, 2.45) is 74.9 Å². The number of hydrogen-bond donors (Lipinski definition) is 7. The molecule has 0 aromatic heterocycles. The third-order valence-electron chi connectivity index (χ3n) is 24.0. The number of aliphatic hydroxyl groups excluding tert-OH is 3. The molecule has 388 valence electrons. The second kappa shape index (κ2) is 17.9. The first kappa shape index (κ1) is 49.5. The average molecular weight is 984 g/mol. The summed E-state index contributed by atoms with van der Waals surface area (Å²) in [5.41, 5.74) is -5.24. The molecule has 1 aliphatic heterocycles. The molecule has 0 unspecified atom stereocenters. The van der Waals surface area contributed by atoms with Crippen molar-refractivity contribution in [1.29, 1.82) is 0 Å². The highest BCUT2D eigenvalue weighted by molar-refractivity contribution is 5.87. The van der Waals surface area contributed by atoms with Gasteiger partial charge in [0, 0.05) is 52.7 Å². The summed E-state index contributed by atoms with van der Waals surface area (Å²) in [5.74, 6) is 5.37. The van der Waals surface area contributed by atoms with Crippen LogP contribution >= 0.6 is 0 Å². The van der Waals surface area contributed by atoms with Gasteiger partial charge in [0.05, 0.1) is 35.9 Å². The second-order valence-corrected chi connectivity index (χ2v) is 25.9. The molecular formula is C62H81NO9. The van der Waals surface area contributed by atoms with E-state index in [2.05, 4.69) is 48.3 Å². The summed E-state index contributed by atoms with van der Waals surface area (Å²) >= 11 is 0. The molecule has 0 saturated heterocycles. The first-order chi connectivity index (χ1) is 34.7. The van der Waals surface area contributed by atoms with Gasteiger partial charge >= 0.3 is 5.97 Å². The van der Waals surface area contributed by atoms with Crippen molar-refractivity contribution in [2.45, 2.75) is 183 Å². The predicted molar refractivity (Wildman–Crippen MR) is 272 cm³/mol. The van der Waals surface area contributed by atoms with E-state index in [0.29, 0.717) is 74.7 Å². The normalized spacial score (nSPS) is 46.4. The third kappa shape index (κ3) is 6.59. The van der Waals surface area contributed by atoms with E-state index in [-0.39, 0.29) is 56.3 Å². The minimum atomic E-state index is -1.88. The fraction of sp³-hybridized carbons (Fsp3) is 0.710. The quantitative estimate of drug-likeness (QED) is 0.0755. The summed E-state index contributed by atoms with van der Waals surface area (Å²) in [5, 5.41) is 83.6. The van der Waals surface area contributed by atoms with Gasteiger partial charge in [0.15, 0.2) is 0 Å². The van der Waals surface area contributed by atoms with Gasteiger partial charge in [-0.3, -0.25) is 0 Å². The highest BCUT2D eigenvalue weighted by Gasteiger charge is 2.87. The predicted octanol–water partition coefficient (Wildman–Crippen LogP) is 7.55. The van der Waals surface area contributed by atoms with Gasteiger partial charge in [-0.15, -0.1) is 0 Å². The van der Waals surface area contributed by atoms with Crippen molar-refractivity contribution in [3.8, 4) is 11.8 Å². The number of ether oxygens (including phenoxy) is 1. The number of aldehydes is 1. The fourth-order valence-corrected chi connectivity index (χ4v) is 20.9. The lowest BCUT2D eigenvalue weighted by Crippen LogP contribution is -2.82. The van der Waals surface area contributed by atoms with E-state index in [1.54, 1.807) is 6.08 Å². The van der Waals surface area contributed by atoms with Crippen LogP contribution in [-0.2, 0) is 33.8 Å². The molecule has 7 N–H and O–H groups in total. The zero-order chi connectivity index (χ0) is 50.1. The van der Waals surface area contributed by atoms with Gasteiger partial charge in [-0.25, -0.2) is 4.79 Å². The molecule has 0 amide bonds. The van der Waals surface area contributed by atoms with E-state index in [0.717, 1.165) is 61.5 Å². The zero-order valence-corrected chi connectivity index (χ0v) is 42.9. The van der Waals surface area contributed by atoms with Crippen molar-refractivity contribution in [2.75, 3.05) is 13.7 Å². The van der Waals surface area contributed by atoms with Crippen LogP contribution in [0.3, 0.4) is 0 Å². The Balaban J connectivity index is 1.02. The lowest BCUT2D eigenvalue weighted by molar-refractivity contribution is -0.358. The Labute approximate surface area is 427 Å². The van der Waals surface area contributed by atoms with E-state index in [1.165, 1.54) is 31.2 Å². The number of aryl methyl sites for hydroxylation is 1. The Kier molecular flexibility index (Phi) is 12.3. The molecule has 2 aromatic rings. The lowest BCUT2D eigenvalue weighted by Gasteiger charge is -2.74. The summed E-state index contributed by atoms with van der Waals surface area (Å²) in [6, 6.07) is 16.2. The minimum Gasteiger partial charge on any atom is -0.454 e. The summed E-state index contributed by atoms with van der Waals surface area (Å²) < 4.78 is 6.37. The number of aliphatic hydroxyl groups is 6. The van der Waals surface area contributed by atoms with Crippen LogP contribution in [0.25, 0.3) is 0 Å². The van der Waals surface area contributed by atoms with E-state index >= 15 is 4.79 Å². The number of esters is 1. The van der Waals surface area contributed by atoms with Crippen molar-refractivity contribution < 1.29 is 45.0 Å². The first-order valence-corrected chi connectivity index (χ1v) is 28.5. The number of fused-ring (bicyclic) bond motifs is 6. The van der Waals surface area contributed by atoms with Crippen LogP contribution < -0.4 is 5.32 Å². The molecule has 72 heavy (non-hydrogen) atoms. The molecule has 8 saturated carbocycles. The Bertz CT molecular complexity index is 2530. The standard InChI is InChI=1S/C62H81NO9/c1-38(41-13-6-7-14-41)43-20-21-49-55(68)56(25-22-40(31-56)19-18-39-11-4-3-5-12-39)35-57(36-65)52-23-26-58-24-9-8-15-42-16-10-17-44(34-64)47(42)29-51(63-2)48-28-45(59(58,37-66)50-30-53(67)72-54(48)50)33-61(58,70)60(52,69)32-46(27-43)62(49,57)71/h3-5,10-12,16-17,30,36,38,40-41,43,45-46,48-49,51-52,54-55,63-64,66,68-71H,6-7,9,13-14,18-29,31-35,37H2,1-2H3/t38-,40+,43-,45-,46+,48-,49+,51-,52+,54+,55+,56-,57-,58+,59+,60-,61+,62-/m0/s1. The molecule has 2 aromatic carbocycles. The topological polar surface area (TPSA) is 177 Å². The lowest BCUT2D eigenvalue weighted by atomic mass is 9.33. The van der Waals surface area contributed by atoms with Gasteiger partial charge in [0.25, 0.3) is 0 Å². The fourth-order valence-electron chi connectivity index (χ4n) is 20.9. The van der Waals surface area contributed by atoms with Crippen LogP contribution in [0.4, 0.5) is 0 Å². The number of nitrogens with one attached hydrogen (secondary N) is 1. The summed E-state index contributed by atoms with van der Waals surface area (Å²) in [6.07, 6.45) is 15.2. The zero-order valence-electron chi connectivity index (χ0n) is 42.9. The Morgan fingerprint density at radius 1 is 0.889 bits per heavy atom. The van der Waals surface area contributed by atoms with Gasteiger partial charge in [-0.2, -0.15) is 0 Å². The molecule has 11 aliphatic rings. The maximum atomic E-state index is 15.1. The van der Waals surface area contributed by atoms with Gasteiger partial charge in [-0.1, -0.05) is 86.9 Å². The Morgan fingerprint density at radius 3 is 2.44 bits per heavy atom. The summed E-state index contributed by atoms with van der Waals surface area (Å²) in [4.78, 5) is 29.0. The molecule has 10 nitrogen and oxygen atoms in total. The van der Waals surface area contributed by atoms with Crippen LogP contribution in [0, 0.1) is 86.8 Å². The monoisotopic (exact) mass is 984 g/mol. The van der Waals surface area contributed by atoms with E-state index in [1.807, 2.05) is 31.3 Å². The molecule has 10 heteroatoms. The molecule has 13 rings (SSSR count). The van der Waals surface area contributed by atoms with Crippen LogP contribution in [0.5, 0.6) is 0 Å². The molecule has 4 bridgehead atoms. The minimum absolute atomic E-state index is 0.0868. The molecular weight excluding hydrogens is 903 g/mol. The molecule has 18 atom stereocenters. The summed E-state index contributed by atoms with van der Waals surface area (Å²) in [7, 11) is 1.91. The number of likely N-dealkylation sites (N-methyl/N-ethyl adjacent to an activating group) is 1. The van der Waals surface area contributed by atoms with Crippen LogP contribution in [0.15, 0.2) is 60.2 Å². The number of carbonyl (C=O) groups is 2. The number of hydrogen-bond acceptors (Lipinski definition) is 10. The van der Waals surface area contributed by atoms with Gasteiger partial charge in [-0.05, 0) is 179 Å². The van der Waals surface area contributed by atoms with E-state index in [9.17, 15) is 35.4 Å². The molecule has 0 radical (unpaired) electrons. The second-order valence-electron chi connectivity index (χ2n) is 25.9. The van der Waals surface area contributed by atoms with Crippen molar-refractivity contribution in [1.82, 2.24) is 5.32 Å². The van der Waals surface area contributed by atoms with Gasteiger partial charge in [0.2, 0.25) is 0 Å². The van der Waals surface area contributed by atoms with Crippen LogP contribution in [0.1, 0.15) is 151 Å². The van der Waals surface area contributed by atoms with Crippen molar-refractivity contribution >= 4 is 12.3 Å². The number of benzene rings is 2. The first-order valence-electron chi connectivity index (χ1n) is 28.5. The van der Waals surface area contributed by atoms with Crippen molar-refractivity contribution in [3.63, 3.8) is 0 Å². The van der Waals surface area contributed by atoms with E-state index in [4.69, 9.17) is 4.74 Å². The molecule has 1 heterocycles. The van der Waals surface area contributed by atoms with Gasteiger partial charge in [0.1, 0.15) is 18.0 Å². The maximum Gasteiger partial charge on any atom is 0.331 e. The Hall–Kier alpha value is -3.40. The highest BCUT2D eigenvalue weighted by Crippen LogP contribution is 2.82. The molecule has 2 spiro atoms. The Morgan fingerprint density at radius 2 is 1.69 bits per heavy atom. The van der Waals surface area contributed by atoms with Crippen LogP contribution in [0.2, 0.25) is 0 Å². The number of rotatable bonds is 9. The van der Waals surface area contributed by atoms with Crippen LogP contribution in [-0.4, -0.2) is 91.6 Å². The molecule has 8 fully saturated rings. The SMILES string of the molecule is CN[C@H]1Cc2c(cccc2CO)C#CCC[C@]23CC[C@H]4[C@@](O)(C[C@H]5C[C@@H]([C@@H](C)C6CCCC6)CC[C@@H]6[C@@H](O)[C@]7(CC[C@@H](CCc8ccccc8)C7)C[C@@]4(C=O)[C@]56O)[C@@]2(O)C[C@@H]2C[C@@H]1[C@H]1OC(=O)C=C1[C@@]23CO. The maximum absolute atomic E-state index is 15.1. The van der Waals surface area contributed by atoms with Crippen molar-refractivity contribution in [3.05, 3.63) is 82.4 Å². The average Bonchev–Trinajstić information content (AvgIpc) is 4.18. The molecule has 10 aliphatic carbocycles. The summed E-state index contributed by atoms with van der Waals surface area (Å²) in [6.45, 7) is 1.89.